The van der Waals surface area contributed by atoms with Gasteiger partial charge in [0.1, 0.15) is 0 Å². The second-order valence-electron chi connectivity index (χ2n) is 4.72. The van der Waals surface area contributed by atoms with Crippen molar-refractivity contribution in [2.45, 2.75) is 43.1 Å². The molecule has 2 saturated carbocycles. The molecule has 1 N–H and O–H groups in total. The Morgan fingerprint density at radius 2 is 2.13 bits per heavy atom. The third-order valence-electron chi connectivity index (χ3n) is 3.18. The largest absolute Gasteiger partial charge is 0.356 e. The first-order valence-corrected chi connectivity index (χ1v) is 6.54. The average molecular weight is 278 g/mol. The summed E-state index contributed by atoms with van der Waals surface area (Å²) in [4.78, 5) is 11.2. The van der Waals surface area contributed by atoms with E-state index < -0.39 is 4.58 Å². The first kappa shape index (κ1) is 11.4. The van der Waals surface area contributed by atoms with Crippen LogP contribution in [-0.4, -0.2) is 17.0 Å². The van der Waals surface area contributed by atoms with Gasteiger partial charge >= 0.3 is 0 Å². The zero-order valence-electron chi connectivity index (χ0n) is 8.77. The lowest BCUT2D eigenvalue weighted by Crippen LogP contribution is -2.25. The van der Waals surface area contributed by atoms with Crippen LogP contribution in [0.1, 0.15) is 38.5 Å². The van der Waals surface area contributed by atoms with Crippen molar-refractivity contribution in [2.24, 2.45) is 11.8 Å². The van der Waals surface area contributed by atoms with Gasteiger partial charge in [-0.1, -0.05) is 6.42 Å². The number of carbonyl (C=O) groups is 1. The van der Waals surface area contributed by atoms with Crippen LogP contribution in [0.5, 0.6) is 0 Å². The van der Waals surface area contributed by atoms with E-state index in [1.165, 1.54) is 0 Å². The number of hydrogen-bond acceptors (Lipinski definition) is 1. The molecule has 2 unspecified atom stereocenters. The number of halogens is 2. The third-order valence-corrected chi connectivity index (χ3v) is 4.15. The van der Waals surface area contributed by atoms with Crippen molar-refractivity contribution in [3.8, 4) is 0 Å². The Morgan fingerprint density at radius 1 is 1.47 bits per heavy atom. The second-order valence-corrected chi connectivity index (χ2v) is 6.04. The molecule has 2 atom stereocenters. The molecule has 0 aliphatic heterocycles. The Morgan fingerprint density at radius 3 is 2.67 bits per heavy atom. The molecule has 0 aromatic rings. The molecule has 86 valence electrons. The molecular formula is C11H17BrFNO. The molecule has 0 spiro atoms. The van der Waals surface area contributed by atoms with Gasteiger partial charge < -0.3 is 5.32 Å². The summed E-state index contributed by atoms with van der Waals surface area (Å²) in [5.41, 5.74) is 0. The Balaban J connectivity index is 1.44. The minimum atomic E-state index is -1.07. The summed E-state index contributed by atoms with van der Waals surface area (Å²) in [6.07, 6.45) is 5.68. The number of unbranched alkanes of at least 4 members (excludes halogenated alkanes) is 1. The minimum Gasteiger partial charge on any atom is -0.356 e. The van der Waals surface area contributed by atoms with Crippen LogP contribution in [0.4, 0.5) is 4.39 Å². The molecule has 0 heterocycles. The average Bonchev–Trinajstić information content (AvgIpc) is 3.03. The molecule has 0 aromatic heterocycles. The lowest BCUT2D eigenvalue weighted by Gasteiger charge is -2.03. The van der Waals surface area contributed by atoms with E-state index in [2.05, 4.69) is 21.2 Å². The van der Waals surface area contributed by atoms with Gasteiger partial charge in [-0.15, -0.1) is 0 Å². The van der Waals surface area contributed by atoms with Gasteiger partial charge in [-0.25, -0.2) is 4.39 Å². The van der Waals surface area contributed by atoms with Gasteiger partial charge in [0.15, 0.2) is 4.58 Å². The summed E-state index contributed by atoms with van der Waals surface area (Å²) in [6.45, 7) is 0.754. The summed E-state index contributed by atoms with van der Waals surface area (Å²) >= 11 is 3.04. The summed E-state index contributed by atoms with van der Waals surface area (Å²) in [5, 5.41) is 2.92. The van der Waals surface area contributed by atoms with Crippen LogP contribution in [0.25, 0.3) is 0 Å². The van der Waals surface area contributed by atoms with Gasteiger partial charge in [0.2, 0.25) is 5.91 Å². The number of amides is 1. The Labute approximate surface area is 98.1 Å². The third kappa shape index (κ3) is 3.44. The quantitative estimate of drug-likeness (QED) is 0.587. The molecule has 4 heteroatoms. The first-order valence-electron chi connectivity index (χ1n) is 5.75. The van der Waals surface area contributed by atoms with Crippen LogP contribution in [0, 0.1) is 11.8 Å². The summed E-state index contributed by atoms with van der Waals surface area (Å²) in [6, 6.07) is 0. The van der Waals surface area contributed by atoms with Crippen molar-refractivity contribution in [1.29, 1.82) is 0 Å². The van der Waals surface area contributed by atoms with Gasteiger partial charge in [-0.2, -0.15) is 0 Å². The topological polar surface area (TPSA) is 29.1 Å². The SMILES string of the molecule is O=C(NCCCCC1CC1(F)Br)C1CC1. The second kappa shape index (κ2) is 4.40. The monoisotopic (exact) mass is 277 g/mol. The molecule has 0 bridgehead atoms. The summed E-state index contributed by atoms with van der Waals surface area (Å²) in [5.74, 6) is 0.716. The molecular weight excluding hydrogens is 261 g/mol. The molecule has 2 nitrogen and oxygen atoms in total. The molecule has 2 aliphatic rings. The fourth-order valence-corrected chi connectivity index (χ4v) is 2.42. The fraction of sp³-hybridized carbons (Fsp3) is 0.909. The van der Waals surface area contributed by atoms with E-state index >= 15 is 0 Å². The van der Waals surface area contributed by atoms with E-state index in [-0.39, 0.29) is 11.8 Å². The van der Waals surface area contributed by atoms with E-state index in [0.29, 0.717) is 12.3 Å². The highest BCUT2D eigenvalue weighted by atomic mass is 79.9. The predicted octanol–water partition coefficient (Wildman–Crippen LogP) is 2.76. The van der Waals surface area contributed by atoms with E-state index in [9.17, 15) is 9.18 Å². The first-order chi connectivity index (χ1) is 7.09. The Hall–Kier alpha value is -0.120. The highest BCUT2D eigenvalue weighted by molar-refractivity contribution is 9.10. The Kier molecular flexibility index (Phi) is 3.33. The van der Waals surface area contributed by atoms with E-state index in [1.807, 2.05) is 0 Å². The lowest BCUT2D eigenvalue weighted by molar-refractivity contribution is -0.122. The maximum absolute atomic E-state index is 13.1. The highest BCUT2D eigenvalue weighted by Gasteiger charge is 2.52. The van der Waals surface area contributed by atoms with E-state index in [0.717, 1.165) is 38.6 Å². The van der Waals surface area contributed by atoms with Crippen LogP contribution in [-0.2, 0) is 4.79 Å². The van der Waals surface area contributed by atoms with Gasteiger partial charge in [-0.05, 0) is 48.0 Å². The molecule has 2 fully saturated rings. The van der Waals surface area contributed by atoms with Gasteiger partial charge in [0.25, 0.3) is 0 Å². The van der Waals surface area contributed by atoms with Gasteiger partial charge in [0, 0.05) is 18.4 Å². The van der Waals surface area contributed by atoms with Crippen LogP contribution in [0.3, 0.4) is 0 Å². The normalized spacial score (nSPS) is 33.9. The minimum absolute atomic E-state index is 0.205. The lowest BCUT2D eigenvalue weighted by atomic mass is 10.2. The van der Waals surface area contributed by atoms with Crippen molar-refractivity contribution in [3.63, 3.8) is 0 Å². The van der Waals surface area contributed by atoms with E-state index in [4.69, 9.17) is 0 Å². The predicted molar refractivity (Wildman–Crippen MR) is 60.5 cm³/mol. The molecule has 15 heavy (non-hydrogen) atoms. The fourth-order valence-electron chi connectivity index (χ4n) is 1.80. The van der Waals surface area contributed by atoms with Crippen LogP contribution < -0.4 is 5.32 Å². The maximum Gasteiger partial charge on any atom is 0.223 e. The van der Waals surface area contributed by atoms with Crippen molar-refractivity contribution in [3.05, 3.63) is 0 Å². The van der Waals surface area contributed by atoms with Crippen molar-refractivity contribution < 1.29 is 9.18 Å². The maximum atomic E-state index is 13.1. The molecule has 0 radical (unpaired) electrons. The summed E-state index contributed by atoms with van der Waals surface area (Å²) < 4.78 is 12.0. The van der Waals surface area contributed by atoms with Crippen LogP contribution >= 0.6 is 15.9 Å². The standard InChI is InChI=1S/C11H17BrFNO/c12-11(13)7-9(11)3-1-2-6-14-10(15)8-4-5-8/h8-9H,1-7H2,(H,14,15). The number of hydrogen-bond donors (Lipinski definition) is 1. The molecule has 2 rings (SSSR count). The van der Waals surface area contributed by atoms with Crippen molar-refractivity contribution in [2.75, 3.05) is 6.54 Å². The number of nitrogens with one attached hydrogen (secondary N) is 1. The number of alkyl halides is 2. The highest BCUT2D eigenvalue weighted by Crippen LogP contribution is 2.54. The molecule has 2 aliphatic carbocycles. The van der Waals surface area contributed by atoms with E-state index in [1.54, 1.807) is 0 Å². The number of rotatable bonds is 6. The molecule has 1 amide bonds. The zero-order chi connectivity index (χ0) is 10.9. The van der Waals surface area contributed by atoms with Gasteiger partial charge in [-0.3, -0.25) is 4.79 Å². The molecule has 0 saturated heterocycles. The van der Waals surface area contributed by atoms with Crippen molar-refractivity contribution >= 4 is 21.8 Å². The van der Waals surface area contributed by atoms with Crippen LogP contribution in [0.15, 0.2) is 0 Å². The van der Waals surface area contributed by atoms with Crippen molar-refractivity contribution in [1.82, 2.24) is 5.32 Å². The zero-order valence-corrected chi connectivity index (χ0v) is 10.4. The van der Waals surface area contributed by atoms with Gasteiger partial charge in [0.05, 0.1) is 0 Å². The smallest absolute Gasteiger partial charge is 0.223 e. The Bertz CT molecular complexity index is 253. The summed E-state index contributed by atoms with van der Waals surface area (Å²) in [7, 11) is 0. The number of carbonyl (C=O) groups excluding carboxylic acids is 1. The van der Waals surface area contributed by atoms with Crippen LogP contribution in [0.2, 0.25) is 0 Å². The molecule has 0 aromatic carbocycles.